The first-order chi connectivity index (χ1) is 9.21. The SMILES string of the molecule is C#CCNC(N)=NCCc1ccc(OC)c(OC)c1. The highest BCUT2D eigenvalue weighted by molar-refractivity contribution is 5.78. The lowest BCUT2D eigenvalue weighted by Gasteiger charge is -2.09. The van der Waals surface area contributed by atoms with Crippen LogP contribution in [0.5, 0.6) is 11.5 Å². The molecule has 1 aromatic carbocycles. The molecule has 0 atom stereocenters. The van der Waals surface area contributed by atoms with Gasteiger partial charge in [0.25, 0.3) is 0 Å². The van der Waals surface area contributed by atoms with Crippen LogP contribution in [0.15, 0.2) is 23.2 Å². The van der Waals surface area contributed by atoms with Crippen molar-refractivity contribution in [2.75, 3.05) is 27.3 Å². The molecule has 0 spiro atoms. The Morgan fingerprint density at radius 2 is 2.11 bits per heavy atom. The maximum absolute atomic E-state index is 5.62. The van der Waals surface area contributed by atoms with E-state index in [1.54, 1.807) is 14.2 Å². The average Bonchev–Trinajstić information content (AvgIpc) is 2.44. The maximum atomic E-state index is 5.62. The molecular weight excluding hydrogens is 242 g/mol. The number of terminal acetylenes is 1. The molecule has 1 aromatic rings. The second-order valence-corrected chi connectivity index (χ2v) is 3.76. The number of benzene rings is 1. The number of rotatable bonds is 6. The highest BCUT2D eigenvalue weighted by Crippen LogP contribution is 2.27. The van der Waals surface area contributed by atoms with E-state index in [1.807, 2.05) is 18.2 Å². The molecule has 19 heavy (non-hydrogen) atoms. The summed E-state index contributed by atoms with van der Waals surface area (Å²) in [6.07, 6.45) is 5.87. The fourth-order valence-electron chi connectivity index (χ4n) is 1.54. The van der Waals surface area contributed by atoms with Crippen LogP contribution in [-0.4, -0.2) is 33.3 Å². The zero-order valence-corrected chi connectivity index (χ0v) is 11.3. The zero-order valence-electron chi connectivity index (χ0n) is 11.3. The molecule has 3 N–H and O–H groups in total. The number of nitrogens with two attached hydrogens (primary N) is 1. The van der Waals surface area contributed by atoms with E-state index in [-0.39, 0.29) is 0 Å². The maximum Gasteiger partial charge on any atom is 0.189 e. The lowest BCUT2D eigenvalue weighted by molar-refractivity contribution is 0.354. The third-order valence-electron chi connectivity index (χ3n) is 2.50. The Bertz CT molecular complexity index is 478. The number of nitrogens with one attached hydrogen (secondary N) is 1. The van der Waals surface area contributed by atoms with E-state index in [9.17, 15) is 0 Å². The minimum absolute atomic E-state index is 0.360. The topological polar surface area (TPSA) is 68.9 Å². The van der Waals surface area contributed by atoms with E-state index in [2.05, 4.69) is 16.2 Å². The number of guanidine groups is 1. The highest BCUT2D eigenvalue weighted by Gasteiger charge is 2.04. The molecule has 0 unspecified atom stereocenters. The van der Waals surface area contributed by atoms with E-state index in [1.165, 1.54) is 0 Å². The summed E-state index contributed by atoms with van der Waals surface area (Å²) < 4.78 is 10.4. The van der Waals surface area contributed by atoms with E-state index in [0.29, 0.717) is 30.5 Å². The monoisotopic (exact) mass is 261 g/mol. The van der Waals surface area contributed by atoms with Crippen LogP contribution < -0.4 is 20.5 Å². The fraction of sp³-hybridized carbons (Fsp3) is 0.357. The van der Waals surface area contributed by atoms with E-state index in [0.717, 1.165) is 12.0 Å². The Morgan fingerprint density at radius 1 is 1.37 bits per heavy atom. The van der Waals surface area contributed by atoms with Crippen LogP contribution in [0, 0.1) is 12.3 Å². The van der Waals surface area contributed by atoms with Crippen molar-refractivity contribution in [1.29, 1.82) is 0 Å². The van der Waals surface area contributed by atoms with Gasteiger partial charge in [-0.05, 0) is 24.1 Å². The molecule has 5 heteroatoms. The third-order valence-corrected chi connectivity index (χ3v) is 2.50. The quantitative estimate of drug-likeness (QED) is 0.451. The molecule has 0 aliphatic heterocycles. The van der Waals surface area contributed by atoms with Gasteiger partial charge in [0.1, 0.15) is 0 Å². The Labute approximate surface area is 113 Å². The summed E-state index contributed by atoms with van der Waals surface area (Å²) in [5.41, 5.74) is 6.73. The molecule has 0 amide bonds. The molecule has 0 radical (unpaired) electrons. The summed E-state index contributed by atoms with van der Waals surface area (Å²) >= 11 is 0. The van der Waals surface area contributed by atoms with Gasteiger partial charge in [-0.2, -0.15) is 0 Å². The lowest BCUT2D eigenvalue weighted by atomic mass is 10.1. The smallest absolute Gasteiger partial charge is 0.189 e. The third kappa shape index (κ3) is 4.80. The molecule has 1 rings (SSSR count). The Balaban J connectivity index is 2.56. The predicted molar refractivity (Wildman–Crippen MR) is 76.6 cm³/mol. The minimum Gasteiger partial charge on any atom is -0.493 e. The highest BCUT2D eigenvalue weighted by atomic mass is 16.5. The van der Waals surface area contributed by atoms with E-state index in [4.69, 9.17) is 21.6 Å². The molecule has 0 saturated heterocycles. The molecule has 0 heterocycles. The molecule has 0 aromatic heterocycles. The molecule has 0 fully saturated rings. The predicted octanol–water partition coefficient (Wildman–Crippen LogP) is 0.784. The van der Waals surface area contributed by atoms with Gasteiger partial charge in [-0.15, -0.1) is 6.42 Å². The molecular formula is C14H19N3O2. The van der Waals surface area contributed by atoms with Crippen molar-refractivity contribution < 1.29 is 9.47 Å². The van der Waals surface area contributed by atoms with Gasteiger partial charge in [-0.25, -0.2) is 0 Å². The van der Waals surface area contributed by atoms with Crippen LogP contribution in [0.4, 0.5) is 0 Å². The van der Waals surface area contributed by atoms with Crippen LogP contribution in [0.25, 0.3) is 0 Å². The van der Waals surface area contributed by atoms with Crippen LogP contribution >= 0.6 is 0 Å². The summed E-state index contributed by atoms with van der Waals surface area (Å²) in [6.45, 7) is 0.963. The Kier molecular flexibility index (Phi) is 6.10. The molecule has 0 saturated carbocycles. The van der Waals surface area contributed by atoms with Crippen LogP contribution in [0.2, 0.25) is 0 Å². The summed E-state index contributed by atoms with van der Waals surface area (Å²) in [5.74, 6) is 4.22. The van der Waals surface area contributed by atoms with Crippen molar-refractivity contribution in [3.05, 3.63) is 23.8 Å². The lowest BCUT2D eigenvalue weighted by Crippen LogP contribution is -2.32. The second-order valence-electron chi connectivity index (χ2n) is 3.76. The van der Waals surface area contributed by atoms with Gasteiger partial charge in [0.2, 0.25) is 0 Å². The first kappa shape index (κ1) is 14.7. The van der Waals surface area contributed by atoms with Gasteiger partial charge in [-0.3, -0.25) is 4.99 Å². The van der Waals surface area contributed by atoms with Gasteiger partial charge < -0.3 is 20.5 Å². The number of nitrogens with zero attached hydrogens (tertiary/aromatic N) is 1. The van der Waals surface area contributed by atoms with Gasteiger partial charge >= 0.3 is 0 Å². The summed E-state index contributed by atoms with van der Waals surface area (Å²) in [5, 5.41) is 2.81. The number of hydrogen-bond donors (Lipinski definition) is 2. The van der Waals surface area contributed by atoms with Gasteiger partial charge in [0.05, 0.1) is 20.8 Å². The molecule has 0 aliphatic rings. The van der Waals surface area contributed by atoms with Crippen molar-refractivity contribution in [1.82, 2.24) is 5.32 Å². The zero-order chi connectivity index (χ0) is 14.1. The minimum atomic E-state index is 0.360. The largest absolute Gasteiger partial charge is 0.493 e. The van der Waals surface area contributed by atoms with Crippen LogP contribution in [-0.2, 0) is 6.42 Å². The molecule has 102 valence electrons. The van der Waals surface area contributed by atoms with Crippen LogP contribution in [0.1, 0.15) is 5.56 Å². The number of methoxy groups -OCH3 is 2. The van der Waals surface area contributed by atoms with Crippen molar-refractivity contribution in [2.24, 2.45) is 10.7 Å². The summed E-state index contributed by atoms with van der Waals surface area (Å²) in [7, 11) is 3.22. The van der Waals surface area contributed by atoms with E-state index < -0.39 is 0 Å². The number of aliphatic imine (C=N–C) groups is 1. The molecule has 0 bridgehead atoms. The number of hydrogen-bond acceptors (Lipinski definition) is 3. The van der Waals surface area contributed by atoms with Crippen molar-refractivity contribution >= 4 is 5.96 Å². The summed E-state index contributed by atoms with van der Waals surface area (Å²) in [6, 6.07) is 5.78. The van der Waals surface area contributed by atoms with Gasteiger partial charge in [0.15, 0.2) is 17.5 Å². The van der Waals surface area contributed by atoms with Crippen LogP contribution in [0.3, 0.4) is 0 Å². The van der Waals surface area contributed by atoms with Crippen molar-refractivity contribution in [3.8, 4) is 23.8 Å². The summed E-state index contributed by atoms with van der Waals surface area (Å²) in [4.78, 5) is 4.17. The number of ether oxygens (including phenoxy) is 2. The average molecular weight is 261 g/mol. The Morgan fingerprint density at radius 3 is 2.74 bits per heavy atom. The molecule has 0 aliphatic carbocycles. The van der Waals surface area contributed by atoms with Gasteiger partial charge in [-0.1, -0.05) is 12.0 Å². The Hall–Kier alpha value is -2.35. The van der Waals surface area contributed by atoms with E-state index >= 15 is 0 Å². The van der Waals surface area contributed by atoms with Crippen molar-refractivity contribution in [3.63, 3.8) is 0 Å². The standard InChI is InChI=1S/C14H19N3O2/c1-4-8-16-14(15)17-9-7-11-5-6-12(18-2)13(10-11)19-3/h1,5-6,10H,7-9H2,2-3H3,(H3,15,16,17). The first-order valence-corrected chi connectivity index (χ1v) is 5.89. The first-order valence-electron chi connectivity index (χ1n) is 5.89. The van der Waals surface area contributed by atoms with Gasteiger partial charge in [0, 0.05) is 6.54 Å². The molecule has 5 nitrogen and oxygen atoms in total. The van der Waals surface area contributed by atoms with Crippen molar-refractivity contribution in [2.45, 2.75) is 6.42 Å². The normalized spacial score (nSPS) is 10.7. The second kappa shape index (κ2) is 7.88. The fourth-order valence-corrected chi connectivity index (χ4v) is 1.54.